The molecule has 26 heavy (non-hydrogen) atoms. The van der Waals surface area contributed by atoms with Gasteiger partial charge in [-0.15, -0.1) is 11.3 Å². The molecule has 0 spiro atoms. The van der Waals surface area contributed by atoms with E-state index in [1.54, 1.807) is 0 Å². The predicted molar refractivity (Wildman–Crippen MR) is 99.8 cm³/mol. The number of rotatable bonds is 4. The summed E-state index contributed by atoms with van der Waals surface area (Å²) >= 11 is 1.41. The molecule has 7 heteroatoms. The second-order valence-electron chi connectivity index (χ2n) is 6.33. The van der Waals surface area contributed by atoms with Crippen LogP contribution in [0.1, 0.15) is 46.7 Å². The zero-order valence-electron chi connectivity index (χ0n) is 14.9. The van der Waals surface area contributed by atoms with Crippen LogP contribution in [0.3, 0.4) is 0 Å². The van der Waals surface area contributed by atoms with Crippen LogP contribution in [0.4, 0.5) is 0 Å². The molecule has 0 atom stereocenters. The summed E-state index contributed by atoms with van der Waals surface area (Å²) < 4.78 is 12.6. The molecule has 0 radical (unpaired) electrons. The topological polar surface area (TPSA) is 65.7 Å². The van der Waals surface area contributed by atoms with E-state index in [1.165, 1.54) is 11.3 Å². The smallest absolute Gasteiger partial charge is 0.350 e. The average Bonchev–Trinajstić information content (AvgIpc) is 3.23. The summed E-state index contributed by atoms with van der Waals surface area (Å²) in [4.78, 5) is 18.0. The molecule has 1 fully saturated rings. The fourth-order valence-electron chi connectivity index (χ4n) is 3.41. The Morgan fingerprint density at radius 3 is 2.96 bits per heavy atom. The van der Waals surface area contributed by atoms with E-state index in [-0.39, 0.29) is 11.9 Å². The van der Waals surface area contributed by atoms with Gasteiger partial charge in [-0.1, -0.05) is 6.07 Å². The van der Waals surface area contributed by atoms with Gasteiger partial charge in [0.25, 0.3) is 0 Å². The minimum atomic E-state index is -0.285. The van der Waals surface area contributed by atoms with E-state index in [4.69, 9.17) is 14.5 Å². The zero-order chi connectivity index (χ0) is 18.1. The van der Waals surface area contributed by atoms with Gasteiger partial charge in [0, 0.05) is 25.3 Å². The van der Waals surface area contributed by atoms with Crippen molar-refractivity contribution in [1.29, 1.82) is 0 Å². The number of carbonyl (C=O) groups excluding carboxylic acids is 1. The van der Waals surface area contributed by atoms with Gasteiger partial charge in [0.1, 0.15) is 9.88 Å². The van der Waals surface area contributed by atoms with Crippen LogP contribution >= 0.6 is 11.3 Å². The highest BCUT2D eigenvalue weighted by molar-refractivity contribution is 7.17. The summed E-state index contributed by atoms with van der Waals surface area (Å²) in [5.74, 6) is -0.0535. The molecule has 3 aromatic heterocycles. The summed E-state index contributed by atoms with van der Waals surface area (Å²) in [7, 11) is 0. The van der Waals surface area contributed by atoms with Crippen LogP contribution in [-0.2, 0) is 9.47 Å². The normalized spacial score (nSPS) is 15.5. The monoisotopic (exact) mass is 371 g/mol. The van der Waals surface area contributed by atoms with E-state index in [0.29, 0.717) is 24.7 Å². The van der Waals surface area contributed by atoms with Crippen molar-refractivity contribution in [2.45, 2.75) is 32.6 Å². The molecule has 0 amide bonds. The van der Waals surface area contributed by atoms with Crippen LogP contribution in [0.2, 0.25) is 0 Å². The molecule has 0 unspecified atom stereocenters. The van der Waals surface area contributed by atoms with Gasteiger partial charge in [-0.2, -0.15) is 5.10 Å². The summed E-state index contributed by atoms with van der Waals surface area (Å²) in [6.07, 6.45) is 3.68. The maximum atomic E-state index is 12.5. The van der Waals surface area contributed by atoms with E-state index >= 15 is 0 Å². The SMILES string of the molecule is CCOC(=O)c1sc(-c2c(C)nn3ccccc23)nc1C1CCOCC1. The van der Waals surface area contributed by atoms with Gasteiger partial charge in [-0.25, -0.2) is 14.3 Å². The van der Waals surface area contributed by atoms with Gasteiger partial charge in [0.05, 0.1) is 29.1 Å². The van der Waals surface area contributed by atoms with Gasteiger partial charge in [0.2, 0.25) is 0 Å². The molecule has 0 aromatic carbocycles. The number of carbonyl (C=O) groups is 1. The van der Waals surface area contributed by atoms with Gasteiger partial charge < -0.3 is 9.47 Å². The molecule has 4 rings (SSSR count). The molecule has 0 bridgehead atoms. The first-order chi connectivity index (χ1) is 12.7. The number of aryl methyl sites for hydroxylation is 1. The number of esters is 1. The predicted octanol–water partition coefficient (Wildman–Crippen LogP) is 3.84. The van der Waals surface area contributed by atoms with E-state index in [9.17, 15) is 4.79 Å². The van der Waals surface area contributed by atoms with Crippen LogP contribution in [0.5, 0.6) is 0 Å². The maximum Gasteiger partial charge on any atom is 0.350 e. The van der Waals surface area contributed by atoms with E-state index in [1.807, 2.05) is 42.8 Å². The lowest BCUT2D eigenvalue weighted by Gasteiger charge is -2.21. The fourth-order valence-corrected chi connectivity index (χ4v) is 4.56. The lowest BCUT2D eigenvalue weighted by molar-refractivity contribution is 0.0525. The number of pyridine rings is 1. The summed E-state index contributed by atoms with van der Waals surface area (Å²) in [5, 5.41) is 5.40. The third-order valence-electron chi connectivity index (χ3n) is 4.65. The molecule has 4 heterocycles. The number of ether oxygens (including phenoxy) is 2. The van der Waals surface area contributed by atoms with Crippen molar-refractivity contribution >= 4 is 22.8 Å². The van der Waals surface area contributed by atoms with Gasteiger partial charge in [-0.3, -0.25) is 0 Å². The first-order valence-corrected chi connectivity index (χ1v) is 9.70. The minimum Gasteiger partial charge on any atom is -0.462 e. The Balaban J connectivity index is 1.84. The molecule has 3 aromatic rings. The third-order valence-corrected chi connectivity index (χ3v) is 5.72. The molecule has 1 aliphatic heterocycles. The molecule has 6 nitrogen and oxygen atoms in total. The zero-order valence-corrected chi connectivity index (χ0v) is 15.7. The summed E-state index contributed by atoms with van der Waals surface area (Å²) in [5.41, 5.74) is 3.73. The van der Waals surface area contributed by atoms with Gasteiger partial charge >= 0.3 is 5.97 Å². The number of aromatic nitrogens is 3. The first kappa shape index (κ1) is 17.2. The quantitative estimate of drug-likeness (QED) is 0.652. The number of fused-ring (bicyclic) bond motifs is 1. The van der Waals surface area contributed by atoms with Crippen molar-refractivity contribution in [2.75, 3.05) is 19.8 Å². The number of nitrogens with zero attached hydrogens (tertiary/aromatic N) is 3. The van der Waals surface area contributed by atoms with Crippen molar-refractivity contribution in [3.8, 4) is 10.6 Å². The van der Waals surface area contributed by atoms with Crippen molar-refractivity contribution in [3.05, 3.63) is 40.7 Å². The maximum absolute atomic E-state index is 12.5. The molecular formula is C19H21N3O3S. The molecule has 1 aliphatic rings. The minimum absolute atomic E-state index is 0.232. The Morgan fingerprint density at radius 2 is 2.19 bits per heavy atom. The van der Waals surface area contributed by atoms with Crippen molar-refractivity contribution in [3.63, 3.8) is 0 Å². The number of thiazole rings is 1. The second-order valence-corrected chi connectivity index (χ2v) is 7.33. The third kappa shape index (κ3) is 3.01. The lowest BCUT2D eigenvalue weighted by atomic mass is 9.95. The Labute approximate surface area is 155 Å². The Hall–Kier alpha value is -2.25. The second kappa shape index (κ2) is 7.17. The standard InChI is InChI=1S/C19H21N3O3S/c1-3-25-19(23)17-16(13-7-10-24-11-8-13)20-18(26-17)15-12(2)21-22-9-5-4-6-14(15)22/h4-6,9,13H,3,7-8,10-11H2,1-2H3. The van der Waals surface area contributed by atoms with E-state index < -0.39 is 0 Å². The highest BCUT2D eigenvalue weighted by atomic mass is 32.1. The lowest BCUT2D eigenvalue weighted by Crippen LogP contribution is -2.17. The molecule has 1 saturated heterocycles. The highest BCUT2D eigenvalue weighted by Gasteiger charge is 2.29. The number of hydrogen-bond donors (Lipinski definition) is 0. The molecule has 0 N–H and O–H groups in total. The van der Waals surface area contributed by atoms with Crippen LogP contribution < -0.4 is 0 Å². The van der Waals surface area contributed by atoms with Crippen LogP contribution in [0, 0.1) is 6.92 Å². The first-order valence-electron chi connectivity index (χ1n) is 8.89. The Morgan fingerprint density at radius 1 is 1.38 bits per heavy atom. The van der Waals surface area contributed by atoms with Crippen molar-refractivity contribution < 1.29 is 14.3 Å². The molecule has 136 valence electrons. The number of hydrogen-bond acceptors (Lipinski definition) is 6. The Kier molecular flexibility index (Phi) is 4.74. The highest BCUT2D eigenvalue weighted by Crippen LogP contribution is 2.38. The fraction of sp³-hybridized carbons (Fsp3) is 0.421. The van der Waals surface area contributed by atoms with E-state index in [0.717, 1.165) is 40.3 Å². The molecular weight excluding hydrogens is 350 g/mol. The van der Waals surface area contributed by atoms with Crippen LogP contribution in [-0.4, -0.2) is 40.4 Å². The Bertz CT molecular complexity index is 941. The van der Waals surface area contributed by atoms with E-state index in [2.05, 4.69) is 5.10 Å². The molecule has 0 aliphatic carbocycles. The summed E-state index contributed by atoms with van der Waals surface area (Å²) in [6, 6.07) is 5.96. The van der Waals surface area contributed by atoms with Crippen molar-refractivity contribution in [2.24, 2.45) is 0 Å². The van der Waals surface area contributed by atoms with Crippen LogP contribution in [0.25, 0.3) is 16.1 Å². The molecule has 0 saturated carbocycles. The van der Waals surface area contributed by atoms with Crippen LogP contribution in [0.15, 0.2) is 24.4 Å². The largest absolute Gasteiger partial charge is 0.462 e. The summed E-state index contributed by atoms with van der Waals surface area (Å²) in [6.45, 7) is 5.56. The van der Waals surface area contributed by atoms with Crippen molar-refractivity contribution in [1.82, 2.24) is 14.6 Å². The average molecular weight is 371 g/mol. The van der Waals surface area contributed by atoms with Gasteiger partial charge in [0.15, 0.2) is 0 Å². The van der Waals surface area contributed by atoms with Gasteiger partial charge in [-0.05, 0) is 38.8 Å².